The van der Waals surface area contributed by atoms with Crippen LogP contribution in [0, 0.1) is 0 Å². The minimum atomic E-state index is -0.666. The summed E-state index contributed by atoms with van der Waals surface area (Å²) in [6, 6.07) is 0. The van der Waals surface area contributed by atoms with E-state index >= 15 is 0 Å². The Morgan fingerprint density at radius 2 is 2.20 bits per heavy atom. The molecule has 0 amide bonds. The monoisotopic (exact) mass is 211 g/mol. The Morgan fingerprint density at radius 1 is 1.47 bits per heavy atom. The zero-order chi connectivity index (χ0) is 10.7. The van der Waals surface area contributed by atoms with Crippen LogP contribution in [0.25, 0.3) is 0 Å². The van der Waals surface area contributed by atoms with Crippen LogP contribution in [0.15, 0.2) is 11.8 Å². The maximum Gasteiger partial charge on any atom is 0.124 e. The van der Waals surface area contributed by atoms with Gasteiger partial charge in [0.05, 0.1) is 6.61 Å². The molecule has 0 aromatic rings. The summed E-state index contributed by atoms with van der Waals surface area (Å²) >= 11 is 0. The maximum atomic E-state index is 10.4. The molecule has 0 aliphatic carbocycles. The summed E-state index contributed by atoms with van der Waals surface area (Å²) in [4.78, 5) is 2.42. The molecule has 0 aromatic carbocycles. The fourth-order valence-corrected chi connectivity index (χ4v) is 2.45. The summed E-state index contributed by atoms with van der Waals surface area (Å²) in [7, 11) is 0. The van der Waals surface area contributed by atoms with Gasteiger partial charge >= 0.3 is 0 Å². The summed E-state index contributed by atoms with van der Waals surface area (Å²) in [6.07, 6.45) is 5.83. The number of aliphatic hydroxyl groups is 1. The van der Waals surface area contributed by atoms with Gasteiger partial charge in [-0.15, -0.1) is 0 Å². The predicted molar refractivity (Wildman–Crippen MR) is 59.6 cm³/mol. The minimum Gasteiger partial charge on any atom is -0.495 e. The lowest BCUT2D eigenvalue weighted by molar-refractivity contribution is -0.0298. The summed E-state index contributed by atoms with van der Waals surface area (Å²) in [5, 5.41) is 10.4. The van der Waals surface area contributed by atoms with E-state index in [9.17, 15) is 5.11 Å². The SMILES string of the molecule is CCCN1CCC(O)(C2=CCCO2)CC1. The molecule has 2 aliphatic rings. The quantitative estimate of drug-likeness (QED) is 0.768. The summed E-state index contributed by atoms with van der Waals surface area (Å²) in [6.45, 7) is 6.08. The number of ether oxygens (including phenoxy) is 1. The van der Waals surface area contributed by atoms with Gasteiger partial charge in [0.25, 0.3) is 0 Å². The molecule has 0 bridgehead atoms. The smallest absolute Gasteiger partial charge is 0.124 e. The third-order valence-corrected chi connectivity index (χ3v) is 3.39. The van der Waals surface area contributed by atoms with Crippen LogP contribution in [-0.4, -0.2) is 41.8 Å². The molecule has 0 radical (unpaired) electrons. The molecule has 3 heteroatoms. The summed E-state index contributed by atoms with van der Waals surface area (Å²) < 4.78 is 5.48. The van der Waals surface area contributed by atoms with E-state index in [1.165, 1.54) is 6.42 Å². The van der Waals surface area contributed by atoms with E-state index in [1.807, 2.05) is 0 Å². The first-order valence-electron chi connectivity index (χ1n) is 6.03. The van der Waals surface area contributed by atoms with Crippen molar-refractivity contribution in [3.63, 3.8) is 0 Å². The molecule has 1 saturated heterocycles. The number of hydrogen-bond donors (Lipinski definition) is 1. The normalized spacial score (nSPS) is 26.1. The van der Waals surface area contributed by atoms with E-state index in [4.69, 9.17) is 4.74 Å². The number of nitrogens with zero attached hydrogens (tertiary/aromatic N) is 1. The van der Waals surface area contributed by atoms with E-state index in [0.29, 0.717) is 0 Å². The second-order valence-electron chi connectivity index (χ2n) is 4.58. The van der Waals surface area contributed by atoms with Crippen LogP contribution >= 0.6 is 0 Å². The highest BCUT2D eigenvalue weighted by Crippen LogP contribution is 2.32. The van der Waals surface area contributed by atoms with Crippen LogP contribution in [-0.2, 0) is 4.74 Å². The molecule has 1 N–H and O–H groups in total. The first-order valence-corrected chi connectivity index (χ1v) is 6.03. The van der Waals surface area contributed by atoms with Crippen molar-refractivity contribution in [2.45, 2.75) is 38.2 Å². The van der Waals surface area contributed by atoms with Gasteiger partial charge < -0.3 is 14.7 Å². The molecule has 0 atom stereocenters. The number of likely N-dealkylation sites (tertiary alicyclic amines) is 1. The fourth-order valence-electron chi connectivity index (χ4n) is 2.45. The molecule has 86 valence electrons. The van der Waals surface area contributed by atoms with Crippen molar-refractivity contribution in [3.8, 4) is 0 Å². The van der Waals surface area contributed by atoms with Crippen LogP contribution < -0.4 is 0 Å². The number of piperidine rings is 1. The van der Waals surface area contributed by atoms with Gasteiger partial charge in [-0.05, 0) is 31.9 Å². The number of hydrogen-bond acceptors (Lipinski definition) is 3. The standard InChI is InChI=1S/C12H21NO2/c1-2-7-13-8-5-12(14,6-9-13)11-4-3-10-15-11/h4,14H,2-3,5-10H2,1H3. The lowest BCUT2D eigenvalue weighted by Gasteiger charge is -2.38. The zero-order valence-corrected chi connectivity index (χ0v) is 9.54. The Balaban J connectivity index is 1.90. The largest absolute Gasteiger partial charge is 0.495 e. The Bertz CT molecular complexity index is 242. The molecule has 0 spiro atoms. The maximum absolute atomic E-state index is 10.4. The fraction of sp³-hybridized carbons (Fsp3) is 0.833. The van der Waals surface area contributed by atoms with Gasteiger partial charge in [0, 0.05) is 19.5 Å². The molecule has 0 unspecified atom stereocenters. The Labute approximate surface area is 91.7 Å². The molecular weight excluding hydrogens is 190 g/mol. The van der Waals surface area contributed by atoms with Crippen LogP contribution in [0.5, 0.6) is 0 Å². The minimum absolute atomic E-state index is 0.666. The van der Waals surface area contributed by atoms with E-state index in [-0.39, 0.29) is 0 Å². The molecule has 3 nitrogen and oxygen atoms in total. The van der Waals surface area contributed by atoms with Crippen LogP contribution in [0.2, 0.25) is 0 Å². The second-order valence-corrected chi connectivity index (χ2v) is 4.58. The van der Waals surface area contributed by atoms with Gasteiger partial charge in [-0.1, -0.05) is 6.92 Å². The van der Waals surface area contributed by atoms with Crippen LogP contribution in [0.3, 0.4) is 0 Å². The molecule has 0 saturated carbocycles. The van der Waals surface area contributed by atoms with Crippen LogP contribution in [0.4, 0.5) is 0 Å². The lowest BCUT2D eigenvalue weighted by Crippen LogP contribution is -2.45. The Morgan fingerprint density at radius 3 is 2.73 bits per heavy atom. The van der Waals surface area contributed by atoms with Crippen molar-refractivity contribution in [2.24, 2.45) is 0 Å². The third kappa shape index (κ3) is 2.34. The highest BCUT2D eigenvalue weighted by atomic mass is 16.5. The molecule has 1 fully saturated rings. The van der Waals surface area contributed by atoms with Crippen molar-refractivity contribution in [3.05, 3.63) is 11.8 Å². The van der Waals surface area contributed by atoms with Crippen molar-refractivity contribution >= 4 is 0 Å². The van der Waals surface area contributed by atoms with E-state index in [0.717, 1.165) is 51.3 Å². The van der Waals surface area contributed by atoms with Gasteiger partial charge in [-0.2, -0.15) is 0 Å². The zero-order valence-electron chi connectivity index (χ0n) is 9.54. The lowest BCUT2D eigenvalue weighted by atomic mass is 9.89. The van der Waals surface area contributed by atoms with Gasteiger partial charge in [0.15, 0.2) is 0 Å². The Kier molecular flexibility index (Phi) is 3.32. The van der Waals surface area contributed by atoms with Crippen LogP contribution in [0.1, 0.15) is 32.6 Å². The summed E-state index contributed by atoms with van der Waals surface area (Å²) in [5.41, 5.74) is -0.666. The first-order chi connectivity index (χ1) is 7.24. The molecule has 15 heavy (non-hydrogen) atoms. The van der Waals surface area contributed by atoms with E-state index in [2.05, 4.69) is 17.9 Å². The highest BCUT2D eigenvalue weighted by molar-refractivity contribution is 5.14. The average Bonchev–Trinajstić information content (AvgIpc) is 2.76. The number of rotatable bonds is 3. The molecule has 2 heterocycles. The van der Waals surface area contributed by atoms with Gasteiger partial charge in [-0.3, -0.25) is 0 Å². The Hall–Kier alpha value is -0.540. The predicted octanol–water partition coefficient (Wildman–Crippen LogP) is 1.53. The average molecular weight is 211 g/mol. The first kappa shape index (κ1) is 11.0. The van der Waals surface area contributed by atoms with E-state index in [1.54, 1.807) is 0 Å². The van der Waals surface area contributed by atoms with Crippen molar-refractivity contribution in [1.29, 1.82) is 0 Å². The van der Waals surface area contributed by atoms with Crippen molar-refractivity contribution in [2.75, 3.05) is 26.2 Å². The third-order valence-electron chi connectivity index (χ3n) is 3.39. The van der Waals surface area contributed by atoms with Crippen molar-refractivity contribution < 1.29 is 9.84 Å². The molecular formula is C12H21NO2. The topological polar surface area (TPSA) is 32.7 Å². The van der Waals surface area contributed by atoms with E-state index < -0.39 is 5.60 Å². The summed E-state index contributed by atoms with van der Waals surface area (Å²) in [5.74, 6) is 0.832. The van der Waals surface area contributed by atoms with Gasteiger partial charge in [-0.25, -0.2) is 0 Å². The molecule has 2 rings (SSSR count). The van der Waals surface area contributed by atoms with Gasteiger partial charge in [0.2, 0.25) is 0 Å². The second kappa shape index (κ2) is 4.54. The molecule has 0 aromatic heterocycles. The van der Waals surface area contributed by atoms with Gasteiger partial charge in [0.1, 0.15) is 11.4 Å². The highest BCUT2D eigenvalue weighted by Gasteiger charge is 2.37. The molecule has 2 aliphatic heterocycles. The van der Waals surface area contributed by atoms with Crippen molar-refractivity contribution in [1.82, 2.24) is 4.90 Å².